The second kappa shape index (κ2) is 5.43. The number of hydrogen-bond acceptors (Lipinski definition) is 4. The van der Waals surface area contributed by atoms with Gasteiger partial charge in [0, 0.05) is 0 Å². The summed E-state index contributed by atoms with van der Waals surface area (Å²) in [5.74, 6) is 2.16. The fraction of sp³-hybridized carbons (Fsp3) is 0.250. The van der Waals surface area contributed by atoms with Gasteiger partial charge in [0.05, 0.1) is 0 Å². The molecule has 20 heavy (non-hydrogen) atoms. The van der Waals surface area contributed by atoms with E-state index in [0.717, 1.165) is 16.9 Å². The number of fused-ring (bicyclic) bond motifs is 1. The maximum Gasteiger partial charge on any atom is 0.231 e. The summed E-state index contributed by atoms with van der Waals surface area (Å²) >= 11 is 0. The molecule has 0 fully saturated rings. The summed E-state index contributed by atoms with van der Waals surface area (Å²) < 4.78 is 16.2. The predicted octanol–water partition coefficient (Wildman–Crippen LogP) is 2.84. The van der Waals surface area contributed by atoms with Crippen LogP contribution in [0.4, 0.5) is 0 Å². The molecule has 0 spiro atoms. The summed E-state index contributed by atoms with van der Waals surface area (Å²) in [5, 5.41) is 10.2. The summed E-state index contributed by atoms with van der Waals surface area (Å²) in [7, 11) is 0. The molecule has 0 radical (unpaired) electrons. The lowest BCUT2D eigenvalue weighted by molar-refractivity contribution is 0.107. The van der Waals surface area contributed by atoms with Gasteiger partial charge in [-0.2, -0.15) is 0 Å². The van der Waals surface area contributed by atoms with Crippen molar-refractivity contribution in [1.29, 1.82) is 0 Å². The van der Waals surface area contributed by atoms with Crippen LogP contribution in [0.15, 0.2) is 42.5 Å². The number of ether oxygens (including phenoxy) is 3. The highest BCUT2D eigenvalue weighted by molar-refractivity contribution is 5.45. The molecule has 0 amide bonds. The predicted molar refractivity (Wildman–Crippen MR) is 74.2 cm³/mol. The monoisotopic (exact) mass is 272 g/mol. The Morgan fingerprint density at radius 3 is 2.80 bits per heavy atom. The van der Waals surface area contributed by atoms with Crippen molar-refractivity contribution < 1.29 is 19.3 Å². The van der Waals surface area contributed by atoms with Gasteiger partial charge in [-0.05, 0) is 36.2 Å². The molecule has 0 aliphatic carbocycles. The summed E-state index contributed by atoms with van der Waals surface area (Å²) in [6.07, 6.45) is -0.705. The van der Waals surface area contributed by atoms with E-state index in [2.05, 4.69) is 0 Å². The van der Waals surface area contributed by atoms with Crippen LogP contribution in [-0.4, -0.2) is 18.5 Å². The van der Waals surface area contributed by atoms with Crippen molar-refractivity contribution >= 4 is 0 Å². The minimum absolute atomic E-state index is 0.199. The largest absolute Gasteiger partial charge is 0.490 e. The van der Waals surface area contributed by atoms with E-state index >= 15 is 0 Å². The first kappa shape index (κ1) is 12.8. The number of para-hydroxylation sites is 1. The Hall–Kier alpha value is -2.20. The molecule has 2 aromatic rings. The Morgan fingerprint density at radius 2 is 1.95 bits per heavy atom. The first-order valence-corrected chi connectivity index (χ1v) is 6.50. The van der Waals surface area contributed by atoms with Gasteiger partial charge >= 0.3 is 0 Å². The normalized spacial score (nSPS) is 14.1. The Kier molecular flexibility index (Phi) is 3.48. The smallest absolute Gasteiger partial charge is 0.231 e. The highest BCUT2D eigenvalue weighted by atomic mass is 16.7. The van der Waals surface area contributed by atoms with Gasteiger partial charge in [-0.25, -0.2) is 0 Å². The van der Waals surface area contributed by atoms with Crippen LogP contribution in [0.2, 0.25) is 0 Å². The van der Waals surface area contributed by atoms with Crippen LogP contribution < -0.4 is 14.2 Å². The van der Waals surface area contributed by atoms with Gasteiger partial charge in [0.2, 0.25) is 6.79 Å². The molecular weight excluding hydrogens is 256 g/mol. The van der Waals surface area contributed by atoms with E-state index in [1.54, 1.807) is 12.1 Å². The Morgan fingerprint density at radius 1 is 1.15 bits per heavy atom. The molecule has 1 aliphatic rings. The molecule has 4 heteroatoms. The van der Waals surface area contributed by atoms with E-state index in [4.69, 9.17) is 14.2 Å². The quantitative estimate of drug-likeness (QED) is 0.929. The van der Waals surface area contributed by atoms with E-state index < -0.39 is 6.10 Å². The molecule has 1 unspecified atom stereocenters. The molecule has 1 atom stereocenters. The summed E-state index contributed by atoms with van der Waals surface area (Å²) in [5.41, 5.74) is 1.80. The van der Waals surface area contributed by atoms with E-state index in [-0.39, 0.29) is 13.4 Å². The third-order valence-corrected chi connectivity index (χ3v) is 3.27. The third-order valence-electron chi connectivity index (χ3n) is 3.27. The van der Waals surface area contributed by atoms with E-state index in [0.29, 0.717) is 11.5 Å². The topological polar surface area (TPSA) is 47.9 Å². The molecule has 0 saturated heterocycles. The summed E-state index contributed by atoms with van der Waals surface area (Å²) in [6, 6.07) is 13.1. The van der Waals surface area contributed by atoms with Crippen molar-refractivity contribution in [1.82, 2.24) is 0 Å². The van der Waals surface area contributed by atoms with Gasteiger partial charge < -0.3 is 19.3 Å². The lowest BCUT2D eigenvalue weighted by atomic mass is 10.1. The highest BCUT2D eigenvalue weighted by Gasteiger charge is 2.17. The fourth-order valence-electron chi connectivity index (χ4n) is 2.10. The zero-order valence-electron chi connectivity index (χ0n) is 11.2. The SMILES string of the molecule is Cc1ccccc1OCC(O)c1ccc2c(c1)OCO2. The molecular formula is C16H16O4. The van der Waals surface area contributed by atoms with Gasteiger partial charge in [-0.3, -0.25) is 0 Å². The second-order valence-corrected chi connectivity index (χ2v) is 4.70. The van der Waals surface area contributed by atoms with Gasteiger partial charge in [0.1, 0.15) is 18.5 Å². The van der Waals surface area contributed by atoms with Crippen LogP contribution in [0.5, 0.6) is 17.2 Å². The average Bonchev–Trinajstić information content (AvgIpc) is 2.93. The number of rotatable bonds is 4. The Bertz CT molecular complexity index is 609. The lowest BCUT2D eigenvalue weighted by Gasteiger charge is -2.14. The van der Waals surface area contributed by atoms with Crippen molar-refractivity contribution in [3.8, 4) is 17.2 Å². The molecule has 104 valence electrons. The number of aliphatic hydroxyl groups is 1. The number of aryl methyl sites for hydroxylation is 1. The molecule has 4 nitrogen and oxygen atoms in total. The second-order valence-electron chi connectivity index (χ2n) is 4.70. The van der Waals surface area contributed by atoms with Crippen LogP contribution in [0.3, 0.4) is 0 Å². The molecule has 2 aromatic carbocycles. The van der Waals surface area contributed by atoms with Crippen LogP contribution in [-0.2, 0) is 0 Å². The van der Waals surface area contributed by atoms with Crippen LogP contribution in [0.1, 0.15) is 17.2 Å². The highest BCUT2D eigenvalue weighted by Crippen LogP contribution is 2.34. The van der Waals surface area contributed by atoms with Crippen molar-refractivity contribution in [2.75, 3.05) is 13.4 Å². The standard InChI is InChI=1S/C16H16O4/c1-11-4-2-3-5-14(11)18-9-13(17)12-6-7-15-16(8-12)20-10-19-15/h2-8,13,17H,9-10H2,1H3. The van der Waals surface area contributed by atoms with Gasteiger partial charge in [0.25, 0.3) is 0 Å². The summed E-state index contributed by atoms with van der Waals surface area (Å²) in [6.45, 7) is 2.40. The lowest BCUT2D eigenvalue weighted by Crippen LogP contribution is -2.10. The van der Waals surface area contributed by atoms with Crippen molar-refractivity contribution in [3.05, 3.63) is 53.6 Å². The third kappa shape index (κ3) is 2.56. The van der Waals surface area contributed by atoms with Crippen molar-refractivity contribution in [2.24, 2.45) is 0 Å². The van der Waals surface area contributed by atoms with Gasteiger partial charge in [-0.1, -0.05) is 24.3 Å². The van der Waals surface area contributed by atoms with Crippen LogP contribution in [0, 0.1) is 6.92 Å². The van der Waals surface area contributed by atoms with Crippen LogP contribution >= 0.6 is 0 Å². The molecule has 3 rings (SSSR count). The minimum Gasteiger partial charge on any atom is -0.490 e. The van der Waals surface area contributed by atoms with Gasteiger partial charge in [-0.15, -0.1) is 0 Å². The van der Waals surface area contributed by atoms with Gasteiger partial charge in [0.15, 0.2) is 11.5 Å². The fourth-order valence-corrected chi connectivity index (χ4v) is 2.10. The zero-order chi connectivity index (χ0) is 13.9. The Labute approximate surface area is 117 Å². The zero-order valence-corrected chi connectivity index (χ0v) is 11.2. The molecule has 0 aromatic heterocycles. The van der Waals surface area contributed by atoms with Crippen molar-refractivity contribution in [3.63, 3.8) is 0 Å². The van der Waals surface area contributed by atoms with E-state index in [1.807, 2.05) is 37.3 Å². The maximum absolute atomic E-state index is 10.2. The average molecular weight is 272 g/mol. The number of hydrogen-bond donors (Lipinski definition) is 1. The first-order valence-electron chi connectivity index (χ1n) is 6.50. The first-order chi connectivity index (χ1) is 9.74. The van der Waals surface area contributed by atoms with E-state index in [9.17, 15) is 5.11 Å². The Balaban J connectivity index is 1.67. The molecule has 1 N–H and O–H groups in total. The van der Waals surface area contributed by atoms with Crippen molar-refractivity contribution in [2.45, 2.75) is 13.0 Å². The molecule has 1 heterocycles. The minimum atomic E-state index is -0.705. The van der Waals surface area contributed by atoms with Crippen LogP contribution in [0.25, 0.3) is 0 Å². The molecule has 0 saturated carbocycles. The number of benzene rings is 2. The van der Waals surface area contributed by atoms with E-state index in [1.165, 1.54) is 0 Å². The molecule has 0 bridgehead atoms. The number of aliphatic hydroxyl groups excluding tert-OH is 1. The maximum atomic E-state index is 10.2. The molecule has 1 aliphatic heterocycles. The summed E-state index contributed by atoms with van der Waals surface area (Å²) in [4.78, 5) is 0.